The molecule has 4 nitrogen and oxygen atoms in total. The lowest BCUT2D eigenvalue weighted by Gasteiger charge is -2.30. The molecule has 1 aliphatic heterocycles. The van der Waals surface area contributed by atoms with Crippen molar-refractivity contribution in [2.24, 2.45) is 5.92 Å². The Labute approximate surface area is 110 Å². The fourth-order valence-electron chi connectivity index (χ4n) is 2.45. The Hall–Kier alpha value is -1.75. The van der Waals surface area contributed by atoms with Crippen LogP contribution in [0.2, 0.25) is 0 Å². The van der Waals surface area contributed by atoms with E-state index in [4.69, 9.17) is 5.11 Å². The second-order valence-corrected chi connectivity index (χ2v) is 4.84. The number of rotatable bonds is 4. The third kappa shape index (κ3) is 3.61. The Balaban J connectivity index is 2.02. The maximum Gasteiger partial charge on any atom is 0.317 e. The summed E-state index contributed by atoms with van der Waals surface area (Å²) in [5.74, 6) is -1.48. The zero-order valence-electron chi connectivity index (χ0n) is 10.5. The quantitative estimate of drug-likeness (QED) is 0.843. The van der Waals surface area contributed by atoms with E-state index >= 15 is 0 Å². The second-order valence-electron chi connectivity index (χ2n) is 4.84. The third-order valence-corrected chi connectivity index (χ3v) is 3.36. The first kappa shape index (κ1) is 13.7. The van der Waals surface area contributed by atoms with Crippen LogP contribution in [0.15, 0.2) is 24.3 Å². The maximum absolute atomic E-state index is 12.8. The van der Waals surface area contributed by atoms with Crippen molar-refractivity contribution in [3.05, 3.63) is 35.6 Å². The van der Waals surface area contributed by atoms with Crippen molar-refractivity contribution in [3.63, 3.8) is 0 Å². The van der Waals surface area contributed by atoms with Crippen LogP contribution in [0.1, 0.15) is 23.2 Å². The Kier molecular flexibility index (Phi) is 4.27. The summed E-state index contributed by atoms with van der Waals surface area (Å²) in [6, 6.07) is 5.50. The Morgan fingerprint density at radius 3 is 2.63 bits per heavy atom. The van der Waals surface area contributed by atoms with E-state index in [1.807, 2.05) is 0 Å². The van der Waals surface area contributed by atoms with Gasteiger partial charge in [0.25, 0.3) is 0 Å². The molecule has 1 aromatic carbocycles. The van der Waals surface area contributed by atoms with Crippen LogP contribution >= 0.6 is 0 Å². The van der Waals surface area contributed by atoms with Gasteiger partial charge < -0.3 is 5.11 Å². The molecule has 1 fully saturated rings. The molecular formula is C14H16FNO3. The summed E-state index contributed by atoms with van der Waals surface area (Å²) in [6.45, 7) is 1.13. The number of Topliss-reactive ketones (excluding diaryl/α,β-unsaturated/α-hetero) is 1. The Bertz CT molecular complexity index is 472. The highest BCUT2D eigenvalue weighted by Crippen LogP contribution is 2.21. The number of halogens is 1. The van der Waals surface area contributed by atoms with E-state index in [-0.39, 0.29) is 24.1 Å². The smallest absolute Gasteiger partial charge is 0.317 e. The first-order chi connectivity index (χ1) is 9.06. The lowest BCUT2D eigenvalue weighted by molar-refractivity contribution is -0.138. The predicted molar refractivity (Wildman–Crippen MR) is 67.5 cm³/mol. The summed E-state index contributed by atoms with van der Waals surface area (Å²) in [7, 11) is 0. The van der Waals surface area contributed by atoms with Crippen LogP contribution in [-0.2, 0) is 4.79 Å². The maximum atomic E-state index is 12.8. The number of likely N-dealkylation sites (tertiary alicyclic amines) is 1. The number of nitrogens with zero attached hydrogens (tertiary/aromatic N) is 1. The molecule has 1 unspecified atom stereocenters. The topological polar surface area (TPSA) is 57.6 Å². The second kappa shape index (κ2) is 5.93. The van der Waals surface area contributed by atoms with E-state index in [9.17, 15) is 14.0 Å². The van der Waals surface area contributed by atoms with Gasteiger partial charge in [0.05, 0.1) is 6.54 Å². The minimum atomic E-state index is -0.880. The van der Waals surface area contributed by atoms with Gasteiger partial charge in [-0.1, -0.05) is 0 Å². The van der Waals surface area contributed by atoms with Crippen molar-refractivity contribution < 1.29 is 19.1 Å². The number of piperidine rings is 1. The molecule has 0 saturated carbocycles. The number of aliphatic carboxylic acids is 1. The van der Waals surface area contributed by atoms with Gasteiger partial charge in [0.15, 0.2) is 5.78 Å². The molecule has 0 aromatic heterocycles. The molecule has 0 spiro atoms. The Morgan fingerprint density at radius 2 is 2.00 bits per heavy atom. The summed E-state index contributed by atoms with van der Waals surface area (Å²) in [5, 5.41) is 8.77. The summed E-state index contributed by atoms with van der Waals surface area (Å²) in [4.78, 5) is 24.7. The normalized spacial score (nSPS) is 20.2. The third-order valence-electron chi connectivity index (χ3n) is 3.36. The van der Waals surface area contributed by atoms with E-state index in [1.54, 1.807) is 4.90 Å². The summed E-state index contributed by atoms with van der Waals surface area (Å²) >= 11 is 0. The minimum Gasteiger partial charge on any atom is -0.480 e. The molecule has 0 bridgehead atoms. The highest BCUT2D eigenvalue weighted by atomic mass is 19.1. The van der Waals surface area contributed by atoms with E-state index in [2.05, 4.69) is 0 Å². The van der Waals surface area contributed by atoms with Crippen molar-refractivity contribution in [2.75, 3.05) is 19.6 Å². The van der Waals surface area contributed by atoms with Gasteiger partial charge in [-0.25, -0.2) is 4.39 Å². The van der Waals surface area contributed by atoms with Crippen LogP contribution in [-0.4, -0.2) is 41.4 Å². The van der Waals surface area contributed by atoms with Crippen LogP contribution < -0.4 is 0 Å². The molecule has 0 radical (unpaired) electrons. The van der Waals surface area contributed by atoms with Crippen LogP contribution in [0.25, 0.3) is 0 Å². The van der Waals surface area contributed by atoms with E-state index in [0.29, 0.717) is 18.7 Å². The summed E-state index contributed by atoms with van der Waals surface area (Å²) in [5.41, 5.74) is 0.489. The molecule has 2 rings (SSSR count). The largest absolute Gasteiger partial charge is 0.480 e. The van der Waals surface area contributed by atoms with E-state index in [0.717, 1.165) is 12.8 Å². The molecule has 0 amide bonds. The number of carboxylic acids is 1. The molecule has 1 heterocycles. The minimum absolute atomic E-state index is 0.0323. The highest BCUT2D eigenvalue weighted by molar-refractivity contribution is 5.98. The SMILES string of the molecule is O=C(O)CN1CCCC(C(=O)c2ccc(F)cc2)C1. The highest BCUT2D eigenvalue weighted by Gasteiger charge is 2.27. The molecule has 1 aromatic rings. The van der Waals surface area contributed by atoms with Gasteiger partial charge in [-0.2, -0.15) is 0 Å². The number of hydrogen-bond donors (Lipinski definition) is 1. The summed E-state index contributed by atoms with van der Waals surface area (Å²) < 4.78 is 12.8. The lowest BCUT2D eigenvalue weighted by Crippen LogP contribution is -2.41. The number of benzene rings is 1. The van der Waals surface area contributed by atoms with Gasteiger partial charge in [-0.05, 0) is 43.7 Å². The standard InChI is InChI=1S/C14H16FNO3/c15-12-5-3-10(4-6-12)14(19)11-2-1-7-16(8-11)9-13(17)18/h3-6,11H,1-2,7-9H2,(H,17,18). The molecule has 5 heteroatoms. The van der Waals surface area contributed by atoms with Crippen molar-refractivity contribution in [1.82, 2.24) is 4.90 Å². The van der Waals surface area contributed by atoms with Gasteiger partial charge in [-0.3, -0.25) is 14.5 Å². The first-order valence-electron chi connectivity index (χ1n) is 6.30. The molecule has 1 atom stereocenters. The van der Waals surface area contributed by atoms with Crippen molar-refractivity contribution >= 4 is 11.8 Å². The number of hydrogen-bond acceptors (Lipinski definition) is 3. The van der Waals surface area contributed by atoms with Gasteiger partial charge in [0.2, 0.25) is 0 Å². The van der Waals surface area contributed by atoms with Gasteiger partial charge in [0.1, 0.15) is 5.82 Å². The van der Waals surface area contributed by atoms with Crippen molar-refractivity contribution in [1.29, 1.82) is 0 Å². The molecule has 102 valence electrons. The number of carbonyl (C=O) groups excluding carboxylic acids is 1. The zero-order chi connectivity index (χ0) is 13.8. The molecule has 1 saturated heterocycles. The lowest BCUT2D eigenvalue weighted by atomic mass is 9.90. The fraction of sp³-hybridized carbons (Fsp3) is 0.429. The molecule has 1 aliphatic rings. The van der Waals surface area contributed by atoms with Gasteiger partial charge in [-0.15, -0.1) is 0 Å². The molecule has 19 heavy (non-hydrogen) atoms. The van der Waals surface area contributed by atoms with Crippen LogP contribution in [0.3, 0.4) is 0 Å². The average Bonchev–Trinajstić information content (AvgIpc) is 2.38. The number of ketones is 1. The van der Waals surface area contributed by atoms with Crippen molar-refractivity contribution in [3.8, 4) is 0 Å². The van der Waals surface area contributed by atoms with Crippen molar-refractivity contribution in [2.45, 2.75) is 12.8 Å². The average molecular weight is 265 g/mol. The molecular weight excluding hydrogens is 249 g/mol. The number of carboxylic acid groups (broad SMARTS) is 1. The monoisotopic (exact) mass is 265 g/mol. The van der Waals surface area contributed by atoms with E-state index in [1.165, 1.54) is 24.3 Å². The molecule has 1 N–H and O–H groups in total. The van der Waals surface area contributed by atoms with Crippen LogP contribution in [0, 0.1) is 11.7 Å². The predicted octanol–water partition coefficient (Wildman–Crippen LogP) is 1.80. The summed E-state index contributed by atoms with van der Waals surface area (Å²) in [6.07, 6.45) is 1.57. The zero-order valence-corrected chi connectivity index (χ0v) is 10.5. The van der Waals surface area contributed by atoms with Gasteiger partial charge >= 0.3 is 5.97 Å². The first-order valence-corrected chi connectivity index (χ1v) is 6.30. The van der Waals surface area contributed by atoms with Crippen LogP contribution in [0.5, 0.6) is 0 Å². The fourth-order valence-corrected chi connectivity index (χ4v) is 2.45. The van der Waals surface area contributed by atoms with Crippen LogP contribution in [0.4, 0.5) is 4.39 Å². The molecule has 0 aliphatic carbocycles. The Morgan fingerprint density at radius 1 is 1.32 bits per heavy atom. The number of carbonyl (C=O) groups is 2. The van der Waals surface area contributed by atoms with E-state index < -0.39 is 5.97 Å². The van der Waals surface area contributed by atoms with Gasteiger partial charge in [0, 0.05) is 18.0 Å².